The maximum absolute atomic E-state index is 12.2. The zero-order valence-electron chi connectivity index (χ0n) is 15.9. The number of carbonyl (C=O) groups is 1. The van der Waals surface area contributed by atoms with E-state index in [4.69, 9.17) is 9.47 Å². The van der Waals surface area contributed by atoms with Crippen LogP contribution < -0.4 is 4.74 Å². The van der Waals surface area contributed by atoms with Crippen molar-refractivity contribution in [2.75, 3.05) is 14.2 Å². The first-order valence-corrected chi connectivity index (χ1v) is 9.27. The fourth-order valence-corrected chi connectivity index (χ4v) is 3.64. The van der Waals surface area contributed by atoms with Gasteiger partial charge in [0, 0.05) is 12.1 Å². The lowest BCUT2D eigenvalue weighted by Crippen LogP contribution is -2.10. The fraction of sp³-hybridized carbons (Fsp3) is 0.100. The van der Waals surface area contributed by atoms with E-state index in [0.717, 1.165) is 11.8 Å². The van der Waals surface area contributed by atoms with E-state index in [1.165, 1.54) is 44.6 Å². The molecule has 1 aliphatic heterocycles. The Labute approximate surface area is 175 Å². The summed E-state index contributed by atoms with van der Waals surface area (Å²) >= 11 is 1.03. The van der Waals surface area contributed by atoms with Crippen molar-refractivity contribution in [3.05, 3.63) is 74.4 Å². The second kappa shape index (κ2) is 8.70. The van der Waals surface area contributed by atoms with Gasteiger partial charge in [0.15, 0.2) is 11.5 Å². The van der Waals surface area contributed by atoms with Crippen LogP contribution in [0.4, 0.5) is 11.4 Å². The zero-order chi connectivity index (χ0) is 21.8. The standard InChI is InChI=1S/C20H16N2O7S/c1-28-15-8-3-11(9-14(15)23)10-16-18(24)17(20(25)29-2)19(30-16)21-12-4-6-13(7-5-12)22(26)27/h3-10,23-24H,1-2H3. The summed E-state index contributed by atoms with van der Waals surface area (Å²) in [5.41, 5.74) is 0.707. The number of non-ortho nitro benzene ring substituents is 1. The number of phenols is 1. The number of carbonyl (C=O) groups excluding carboxylic acids is 1. The molecule has 0 atom stereocenters. The summed E-state index contributed by atoms with van der Waals surface area (Å²) in [5.74, 6) is -0.873. The molecule has 0 radical (unpaired) electrons. The highest BCUT2D eigenvalue weighted by Gasteiger charge is 2.33. The van der Waals surface area contributed by atoms with E-state index >= 15 is 0 Å². The number of aliphatic hydroxyl groups excluding tert-OH is 1. The van der Waals surface area contributed by atoms with E-state index in [9.17, 15) is 25.1 Å². The van der Waals surface area contributed by atoms with E-state index in [0.29, 0.717) is 21.9 Å². The summed E-state index contributed by atoms with van der Waals surface area (Å²) in [6.45, 7) is 0. The molecule has 154 valence electrons. The molecule has 0 saturated carbocycles. The number of aliphatic imine (C=N–C) groups is 1. The number of ether oxygens (including phenoxy) is 2. The highest BCUT2D eigenvalue weighted by molar-refractivity contribution is 8.18. The molecule has 0 amide bonds. The van der Waals surface area contributed by atoms with Crippen molar-refractivity contribution in [1.82, 2.24) is 0 Å². The number of phenolic OH excluding ortho intramolecular Hbond substituents is 1. The molecule has 3 rings (SSSR count). The van der Waals surface area contributed by atoms with Gasteiger partial charge in [-0.05, 0) is 35.9 Å². The third kappa shape index (κ3) is 4.28. The minimum atomic E-state index is -0.776. The SMILES string of the molecule is COC(=O)C1=C(O)C(=Cc2ccc(OC)c(O)c2)SC1=Nc1ccc([N+](=O)[O-])cc1. The van der Waals surface area contributed by atoms with Gasteiger partial charge in [-0.15, -0.1) is 0 Å². The van der Waals surface area contributed by atoms with E-state index < -0.39 is 10.9 Å². The number of methoxy groups -OCH3 is 2. The number of rotatable bonds is 5. The summed E-state index contributed by atoms with van der Waals surface area (Å²) in [4.78, 5) is 27.1. The fourth-order valence-electron chi connectivity index (χ4n) is 2.60. The Morgan fingerprint density at radius 1 is 1.17 bits per heavy atom. The summed E-state index contributed by atoms with van der Waals surface area (Å²) in [7, 11) is 2.61. The molecule has 2 N–H and O–H groups in total. The van der Waals surface area contributed by atoms with Gasteiger partial charge in [-0.1, -0.05) is 17.8 Å². The molecule has 2 aromatic rings. The number of nitrogens with zero attached hydrogens (tertiary/aromatic N) is 2. The summed E-state index contributed by atoms with van der Waals surface area (Å²) in [6, 6.07) is 10.1. The van der Waals surface area contributed by atoms with Gasteiger partial charge < -0.3 is 19.7 Å². The molecule has 10 heteroatoms. The first-order chi connectivity index (χ1) is 14.3. The molecule has 2 aromatic carbocycles. The van der Waals surface area contributed by atoms with E-state index in [1.54, 1.807) is 18.2 Å². The smallest absolute Gasteiger partial charge is 0.344 e. The molecule has 9 nitrogen and oxygen atoms in total. The second-order valence-electron chi connectivity index (χ2n) is 5.95. The molecule has 0 spiro atoms. The van der Waals surface area contributed by atoms with Crippen LogP contribution >= 0.6 is 11.8 Å². The third-order valence-corrected chi connectivity index (χ3v) is 5.09. The average Bonchev–Trinajstić information content (AvgIpc) is 3.02. The van der Waals surface area contributed by atoms with Gasteiger partial charge >= 0.3 is 5.97 Å². The summed E-state index contributed by atoms with van der Waals surface area (Å²) in [6.07, 6.45) is 1.57. The Bertz CT molecular complexity index is 1100. The van der Waals surface area contributed by atoms with Gasteiger partial charge in [0.1, 0.15) is 16.4 Å². The number of hydrogen-bond acceptors (Lipinski definition) is 9. The largest absolute Gasteiger partial charge is 0.506 e. The highest BCUT2D eigenvalue weighted by Crippen LogP contribution is 2.41. The van der Waals surface area contributed by atoms with Crippen LogP contribution in [0.1, 0.15) is 5.56 Å². The lowest BCUT2D eigenvalue weighted by molar-refractivity contribution is -0.384. The number of nitro benzene ring substituents is 1. The van der Waals surface area contributed by atoms with Gasteiger partial charge in [0.2, 0.25) is 0 Å². The van der Waals surface area contributed by atoms with Crippen LogP contribution in [0.15, 0.2) is 63.7 Å². The van der Waals surface area contributed by atoms with Crippen LogP contribution in [-0.4, -0.2) is 40.4 Å². The minimum absolute atomic E-state index is 0.0775. The molecule has 0 unspecified atom stereocenters. The lowest BCUT2D eigenvalue weighted by atomic mass is 10.1. The Kier molecular flexibility index (Phi) is 6.07. The molecule has 0 bridgehead atoms. The van der Waals surface area contributed by atoms with Crippen LogP contribution in [0.2, 0.25) is 0 Å². The van der Waals surface area contributed by atoms with Gasteiger partial charge in [-0.3, -0.25) is 10.1 Å². The topological polar surface area (TPSA) is 131 Å². The third-order valence-electron chi connectivity index (χ3n) is 4.07. The van der Waals surface area contributed by atoms with Crippen LogP contribution in [-0.2, 0) is 9.53 Å². The van der Waals surface area contributed by atoms with Crippen molar-refractivity contribution in [1.29, 1.82) is 0 Å². The highest BCUT2D eigenvalue weighted by atomic mass is 32.2. The molecule has 0 aliphatic carbocycles. The molecule has 1 aliphatic rings. The number of nitro groups is 1. The van der Waals surface area contributed by atoms with Crippen molar-refractivity contribution >= 4 is 40.2 Å². The first kappa shape index (κ1) is 20.9. The zero-order valence-corrected chi connectivity index (χ0v) is 16.7. The Morgan fingerprint density at radius 2 is 1.87 bits per heavy atom. The Morgan fingerprint density at radius 3 is 2.43 bits per heavy atom. The maximum atomic E-state index is 12.2. The number of esters is 1. The van der Waals surface area contributed by atoms with E-state index in [2.05, 4.69) is 4.99 Å². The monoisotopic (exact) mass is 428 g/mol. The number of aliphatic hydroxyl groups is 1. The molecule has 0 fully saturated rings. The molecule has 1 heterocycles. The summed E-state index contributed by atoms with van der Waals surface area (Å²) in [5, 5.41) is 31.5. The minimum Gasteiger partial charge on any atom is -0.506 e. The number of thioether (sulfide) groups is 1. The molecule has 0 aromatic heterocycles. The quantitative estimate of drug-likeness (QED) is 0.413. The Balaban J connectivity index is 2.00. The Hall–Kier alpha value is -3.79. The average molecular weight is 428 g/mol. The van der Waals surface area contributed by atoms with Crippen LogP contribution in [0.25, 0.3) is 6.08 Å². The van der Waals surface area contributed by atoms with Crippen LogP contribution in [0.3, 0.4) is 0 Å². The number of benzene rings is 2. The predicted molar refractivity (Wildman–Crippen MR) is 112 cm³/mol. The molecular weight excluding hydrogens is 412 g/mol. The number of aromatic hydroxyl groups is 1. The van der Waals surface area contributed by atoms with Crippen molar-refractivity contribution < 1.29 is 29.4 Å². The molecular formula is C20H16N2O7S. The van der Waals surface area contributed by atoms with Crippen molar-refractivity contribution in [2.45, 2.75) is 0 Å². The maximum Gasteiger partial charge on any atom is 0.344 e. The predicted octanol–water partition coefficient (Wildman–Crippen LogP) is 4.11. The first-order valence-electron chi connectivity index (χ1n) is 8.46. The molecule has 0 saturated heterocycles. The second-order valence-corrected chi connectivity index (χ2v) is 6.98. The van der Waals surface area contributed by atoms with Gasteiger partial charge in [-0.2, -0.15) is 0 Å². The summed E-state index contributed by atoms with van der Waals surface area (Å²) < 4.78 is 9.75. The van der Waals surface area contributed by atoms with Crippen molar-refractivity contribution in [3.8, 4) is 11.5 Å². The lowest BCUT2D eigenvalue weighted by Gasteiger charge is -2.04. The van der Waals surface area contributed by atoms with Gasteiger partial charge in [0.25, 0.3) is 5.69 Å². The van der Waals surface area contributed by atoms with E-state index in [1.807, 2.05) is 0 Å². The van der Waals surface area contributed by atoms with Gasteiger partial charge in [-0.25, -0.2) is 9.79 Å². The number of hydrogen-bond donors (Lipinski definition) is 2. The van der Waals surface area contributed by atoms with Crippen molar-refractivity contribution in [2.24, 2.45) is 4.99 Å². The molecule has 30 heavy (non-hydrogen) atoms. The normalized spacial score (nSPS) is 16.2. The van der Waals surface area contributed by atoms with Gasteiger partial charge in [0.05, 0.1) is 29.7 Å². The van der Waals surface area contributed by atoms with E-state index in [-0.39, 0.29) is 27.8 Å². The van der Waals surface area contributed by atoms with Crippen molar-refractivity contribution in [3.63, 3.8) is 0 Å². The van der Waals surface area contributed by atoms with Crippen LogP contribution in [0, 0.1) is 10.1 Å². The van der Waals surface area contributed by atoms with Crippen LogP contribution in [0.5, 0.6) is 11.5 Å².